The normalized spacial score (nSPS) is 18.6. The first-order valence-corrected chi connectivity index (χ1v) is 9.64. The SMILES string of the molecule is CC(C)CCNC(=O)C1=C2CCCN2c2ccc(F)cc2S1(=O)=O. The third kappa shape index (κ3) is 2.81. The van der Waals surface area contributed by atoms with Crippen LogP contribution in [0.25, 0.3) is 0 Å². The van der Waals surface area contributed by atoms with Gasteiger partial charge in [-0.15, -0.1) is 0 Å². The molecule has 1 aromatic rings. The summed E-state index contributed by atoms with van der Waals surface area (Å²) in [5.74, 6) is -0.810. The Bertz CT molecular complexity index is 815. The van der Waals surface area contributed by atoms with Crippen LogP contribution in [0.3, 0.4) is 0 Å². The highest BCUT2D eigenvalue weighted by Crippen LogP contribution is 2.43. The lowest BCUT2D eigenvalue weighted by atomic mass is 10.1. The second-order valence-corrected chi connectivity index (χ2v) is 8.44. The molecule has 130 valence electrons. The predicted molar refractivity (Wildman–Crippen MR) is 89.7 cm³/mol. The highest BCUT2D eigenvalue weighted by atomic mass is 32.2. The average Bonchev–Trinajstić information content (AvgIpc) is 2.95. The van der Waals surface area contributed by atoms with Crippen LogP contribution in [0.5, 0.6) is 0 Å². The number of rotatable bonds is 4. The molecule has 0 aromatic heterocycles. The number of nitrogens with one attached hydrogen (secondary N) is 1. The molecule has 3 rings (SSSR count). The molecule has 1 fully saturated rings. The van der Waals surface area contributed by atoms with E-state index in [0.717, 1.165) is 18.9 Å². The summed E-state index contributed by atoms with van der Waals surface area (Å²) in [6.45, 7) is 5.11. The van der Waals surface area contributed by atoms with Gasteiger partial charge < -0.3 is 10.2 Å². The largest absolute Gasteiger partial charge is 0.351 e. The summed E-state index contributed by atoms with van der Waals surface area (Å²) in [5, 5.41) is 2.70. The maximum absolute atomic E-state index is 13.6. The van der Waals surface area contributed by atoms with Crippen molar-refractivity contribution in [1.82, 2.24) is 5.32 Å². The van der Waals surface area contributed by atoms with E-state index in [2.05, 4.69) is 5.32 Å². The molecule has 0 saturated carbocycles. The lowest BCUT2D eigenvalue weighted by Gasteiger charge is -2.30. The van der Waals surface area contributed by atoms with E-state index in [1.165, 1.54) is 12.1 Å². The van der Waals surface area contributed by atoms with E-state index in [9.17, 15) is 17.6 Å². The number of allylic oxidation sites excluding steroid dienone is 1. The molecular formula is C17H21FN2O3S. The van der Waals surface area contributed by atoms with Crippen LogP contribution in [0.4, 0.5) is 10.1 Å². The second kappa shape index (κ2) is 6.20. The van der Waals surface area contributed by atoms with Gasteiger partial charge in [-0.3, -0.25) is 4.79 Å². The van der Waals surface area contributed by atoms with Gasteiger partial charge in [-0.1, -0.05) is 13.8 Å². The van der Waals surface area contributed by atoms with Crippen molar-refractivity contribution in [2.24, 2.45) is 5.92 Å². The Balaban J connectivity index is 2.03. The van der Waals surface area contributed by atoms with Crippen molar-refractivity contribution in [3.8, 4) is 0 Å². The summed E-state index contributed by atoms with van der Waals surface area (Å²) in [7, 11) is -4.02. The van der Waals surface area contributed by atoms with E-state index in [1.54, 1.807) is 0 Å². The Morgan fingerprint density at radius 2 is 2.12 bits per heavy atom. The molecule has 1 saturated heterocycles. The van der Waals surface area contributed by atoms with E-state index in [0.29, 0.717) is 36.8 Å². The monoisotopic (exact) mass is 352 g/mol. The number of halogens is 1. The second-order valence-electron chi connectivity index (χ2n) is 6.58. The number of hydrogen-bond donors (Lipinski definition) is 1. The smallest absolute Gasteiger partial charge is 0.265 e. The Kier molecular flexibility index (Phi) is 4.38. The molecule has 1 N–H and O–H groups in total. The molecule has 24 heavy (non-hydrogen) atoms. The fourth-order valence-corrected chi connectivity index (χ4v) is 4.96. The Hall–Kier alpha value is -1.89. The average molecular weight is 352 g/mol. The molecule has 2 heterocycles. The predicted octanol–water partition coefficient (Wildman–Crippen LogP) is 2.59. The van der Waals surface area contributed by atoms with Crippen LogP contribution in [0.15, 0.2) is 33.7 Å². The maximum Gasteiger partial charge on any atom is 0.265 e. The van der Waals surface area contributed by atoms with E-state index >= 15 is 0 Å². The van der Waals surface area contributed by atoms with Gasteiger partial charge in [0.15, 0.2) is 4.91 Å². The zero-order chi connectivity index (χ0) is 17.5. The molecule has 0 atom stereocenters. The number of benzene rings is 1. The van der Waals surface area contributed by atoms with E-state index in [1.807, 2.05) is 18.7 Å². The van der Waals surface area contributed by atoms with Gasteiger partial charge in [0.05, 0.1) is 10.6 Å². The molecule has 0 radical (unpaired) electrons. The fourth-order valence-electron chi connectivity index (χ4n) is 3.18. The van der Waals surface area contributed by atoms with Crippen LogP contribution in [0.2, 0.25) is 0 Å². The molecule has 0 aliphatic carbocycles. The van der Waals surface area contributed by atoms with E-state index in [-0.39, 0.29) is 9.80 Å². The summed E-state index contributed by atoms with van der Waals surface area (Å²) < 4.78 is 39.5. The van der Waals surface area contributed by atoms with Crippen molar-refractivity contribution in [3.05, 3.63) is 34.6 Å². The topological polar surface area (TPSA) is 66.5 Å². The Morgan fingerprint density at radius 1 is 1.38 bits per heavy atom. The van der Waals surface area contributed by atoms with Crippen molar-refractivity contribution in [1.29, 1.82) is 0 Å². The molecule has 0 spiro atoms. The number of fused-ring (bicyclic) bond motifs is 3. The minimum absolute atomic E-state index is 0.123. The zero-order valence-electron chi connectivity index (χ0n) is 13.8. The maximum atomic E-state index is 13.6. The zero-order valence-corrected chi connectivity index (χ0v) is 14.6. The number of amides is 1. The van der Waals surface area contributed by atoms with Gasteiger partial charge in [-0.05, 0) is 43.4 Å². The number of carbonyl (C=O) groups excluding carboxylic acids is 1. The minimum atomic E-state index is -4.02. The minimum Gasteiger partial charge on any atom is -0.351 e. The standard InChI is InChI=1S/C17H21FN2O3S/c1-11(2)7-8-19-17(21)16-14-4-3-9-20(14)13-6-5-12(18)10-15(13)24(16,22)23/h5-6,10-11H,3-4,7-9H2,1-2H3,(H,19,21). The van der Waals surface area contributed by atoms with Gasteiger partial charge in [-0.25, -0.2) is 12.8 Å². The fraction of sp³-hybridized carbons (Fsp3) is 0.471. The first-order valence-electron chi connectivity index (χ1n) is 8.16. The molecule has 2 aliphatic heterocycles. The number of hydrogen-bond acceptors (Lipinski definition) is 4. The van der Waals surface area contributed by atoms with E-state index < -0.39 is 21.6 Å². The summed E-state index contributed by atoms with van der Waals surface area (Å²) in [6.07, 6.45) is 2.07. The summed E-state index contributed by atoms with van der Waals surface area (Å²) in [5.41, 5.74) is 0.985. The quantitative estimate of drug-likeness (QED) is 0.904. The molecule has 1 aromatic carbocycles. The molecule has 0 unspecified atom stereocenters. The van der Waals surface area contributed by atoms with Gasteiger partial charge in [0.25, 0.3) is 5.91 Å². The summed E-state index contributed by atoms with van der Waals surface area (Å²) in [6, 6.07) is 3.72. The third-order valence-electron chi connectivity index (χ3n) is 4.37. The molecule has 1 amide bonds. The Labute approximate surface area is 141 Å². The molecular weight excluding hydrogens is 331 g/mol. The Morgan fingerprint density at radius 3 is 2.83 bits per heavy atom. The number of sulfone groups is 1. The van der Waals surface area contributed by atoms with Gasteiger partial charge in [0.1, 0.15) is 5.82 Å². The highest BCUT2D eigenvalue weighted by Gasteiger charge is 2.41. The molecule has 0 bridgehead atoms. The van der Waals surface area contributed by atoms with Crippen molar-refractivity contribution in [3.63, 3.8) is 0 Å². The molecule has 2 aliphatic rings. The lowest BCUT2D eigenvalue weighted by Crippen LogP contribution is -2.36. The first kappa shape index (κ1) is 17.0. The van der Waals surface area contributed by atoms with E-state index in [4.69, 9.17) is 0 Å². The van der Waals surface area contributed by atoms with Crippen molar-refractivity contribution in [2.75, 3.05) is 18.0 Å². The number of nitrogens with zero attached hydrogens (tertiary/aromatic N) is 1. The van der Waals surface area contributed by atoms with Gasteiger partial charge in [-0.2, -0.15) is 0 Å². The summed E-state index contributed by atoms with van der Waals surface area (Å²) >= 11 is 0. The van der Waals surface area contributed by atoms with Crippen molar-refractivity contribution in [2.45, 2.75) is 38.0 Å². The van der Waals surface area contributed by atoms with Gasteiger partial charge in [0, 0.05) is 18.8 Å². The van der Waals surface area contributed by atoms with Crippen LogP contribution in [0.1, 0.15) is 33.1 Å². The first-order chi connectivity index (χ1) is 11.3. The van der Waals surface area contributed by atoms with Crippen molar-refractivity contribution < 1.29 is 17.6 Å². The molecule has 5 nitrogen and oxygen atoms in total. The lowest BCUT2D eigenvalue weighted by molar-refractivity contribution is -0.116. The number of carbonyl (C=O) groups is 1. The highest BCUT2D eigenvalue weighted by molar-refractivity contribution is 7.96. The summed E-state index contributed by atoms with van der Waals surface area (Å²) in [4.78, 5) is 14.0. The van der Waals surface area contributed by atoms with Crippen LogP contribution >= 0.6 is 0 Å². The van der Waals surface area contributed by atoms with Gasteiger partial charge >= 0.3 is 0 Å². The third-order valence-corrected chi connectivity index (χ3v) is 6.23. The molecule has 7 heteroatoms. The van der Waals surface area contributed by atoms with Gasteiger partial charge in [0.2, 0.25) is 9.84 Å². The number of anilines is 1. The van der Waals surface area contributed by atoms with Crippen LogP contribution < -0.4 is 10.2 Å². The van der Waals surface area contributed by atoms with Crippen LogP contribution in [-0.4, -0.2) is 27.4 Å². The van der Waals surface area contributed by atoms with Crippen molar-refractivity contribution >= 4 is 21.4 Å². The van der Waals surface area contributed by atoms with Crippen LogP contribution in [-0.2, 0) is 14.6 Å². The van der Waals surface area contributed by atoms with Crippen LogP contribution in [0, 0.1) is 11.7 Å².